The van der Waals surface area contributed by atoms with Gasteiger partial charge < -0.3 is 9.47 Å². The van der Waals surface area contributed by atoms with Gasteiger partial charge in [0.25, 0.3) is 5.69 Å². The average Bonchev–Trinajstić information content (AvgIpc) is 2.76. The van der Waals surface area contributed by atoms with E-state index in [9.17, 15) is 35.1 Å². The molecule has 0 heterocycles. The quantitative estimate of drug-likeness (QED) is 0.208. The van der Waals surface area contributed by atoms with E-state index < -0.39 is 44.5 Å². The smallest absolute Gasteiger partial charge is 0.326 e. The number of anilines is 1. The third kappa shape index (κ3) is 7.23. The Balaban J connectivity index is 3.07. The molecule has 0 aliphatic heterocycles. The summed E-state index contributed by atoms with van der Waals surface area (Å²) in [7, 11) is 0. The number of ether oxygens (including phenoxy) is 2. The Morgan fingerprint density at radius 2 is 1.91 bits per heavy atom. The van der Waals surface area contributed by atoms with E-state index >= 15 is 0 Å². The maximum atomic E-state index is 12.6. The van der Waals surface area contributed by atoms with Crippen LogP contribution in [0, 0.1) is 42.9 Å². The highest BCUT2D eigenvalue weighted by Crippen LogP contribution is 2.35. The van der Waals surface area contributed by atoms with E-state index in [1.165, 1.54) is 6.92 Å². The second-order valence-corrected chi connectivity index (χ2v) is 7.18. The highest BCUT2D eigenvalue weighted by atomic mass is 16.6. The van der Waals surface area contributed by atoms with Gasteiger partial charge in [0.1, 0.15) is 5.69 Å². The van der Waals surface area contributed by atoms with E-state index in [1.807, 2.05) is 6.07 Å². The van der Waals surface area contributed by atoms with E-state index in [1.54, 1.807) is 20.8 Å². The number of hydrogen-bond acceptors (Lipinski definition) is 11. The minimum Gasteiger partial charge on any atom is -0.466 e. The van der Waals surface area contributed by atoms with Gasteiger partial charge in [0.15, 0.2) is 5.41 Å². The molecule has 1 aromatic rings. The Kier molecular flexibility index (Phi) is 9.87. The summed E-state index contributed by atoms with van der Waals surface area (Å²) in [5.41, 5.74) is 0.239. The maximum Gasteiger partial charge on any atom is 0.326 e. The van der Waals surface area contributed by atoms with Gasteiger partial charge in [0.2, 0.25) is 0 Å². The lowest BCUT2D eigenvalue weighted by Crippen LogP contribution is -2.40. The van der Waals surface area contributed by atoms with Crippen molar-refractivity contribution in [3.05, 3.63) is 38.4 Å². The molecule has 0 saturated heterocycles. The summed E-state index contributed by atoms with van der Waals surface area (Å²) in [5.74, 6) is -1.98. The molecule has 0 spiro atoms. The van der Waals surface area contributed by atoms with Crippen LogP contribution in [-0.4, -0.2) is 40.7 Å². The van der Waals surface area contributed by atoms with E-state index in [4.69, 9.17) is 9.47 Å². The zero-order valence-corrected chi connectivity index (χ0v) is 18.7. The Hall–Kier alpha value is -4.08. The molecule has 1 N–H and O–H groups in total. The molecular formula is C20H25N5O8. The van der Waals surface area contributed by atoms with Crippen LogP contribution < -0.4 is 5.43 Å². The molecular weight excluding hydrogens is 438 g/mol. The number of carbonyl (C=O) groups is 2. The van der Waals surface area contributed by atoms with Crippen LogP contribution in [0.1, 0.15) is 40.5 Å². The summed E-state index contributed by atoms with van der Waals surface area (Å²) in [5, 5.41) is 35.9. The van der Waals surface area contributed by atoms with Gasteiger partial charge in [-0.2, -0.15) is 10.4 Å². The summed E-state index contributed by atoms with van der Waals surface area (Å²) >= 11 is 0. The zero-order valence-electron chi connectivity index (χ0n) is 18.7. The molecule has 0 amide bonds. The highest BCUT2D eigenvalue weighted by Gasteiger charge is 2.46. The number of nitro benzene ring substituents is 2. The normalized spacial score (nSPS) is 13.7. The summed E-state index contributed by atoms with van der Waals surface area (Å²) in [6.07, 6.45) is 0.120. The third-order valence-corrected chi connectivity index (χ3v) is 4.85. The van der Waals surface area contributed by atoms with E-state index in [0.29, 0.717) is 5.71 Å². The molecule has 0 aliphatic rings. The predicted octanol–water partition coefficient (Wildman–Crippen LogP) is 3.34. The minimum absolute atomic E-state index is 0.00979. The van der Waals surface area contributed by atoms with Crippen molar-refractivity contribution in [3.8, 4) is 6.07 Å². The predicted molar refractivity (Wildman–Crippen MR) is 116 cm³/mol. The Bertz CT molecular complexity index is 987. The van der Waals surface area contributed by atoms with Crippen molar-refractivity contribution < 1.29 is 28.9 Å². The molecule has 13 nitrogen and oxygen atoms in total. The van der Waals surface area contributed by atoms with Crippen LogP contribution in [0.5, 0.6) is 0 Å². The zero-order chi connectivity index (χ0) is 25.2. The molecule has 0 saturated carbocycles. The molecule has 178 valence electrons. The van der Waals surface area contributed by atoms with E-state index in [0.717, 1.165) is 18.2 Å². The second-order valence-electron chi connectivity index (χ2n) is 7.18. The van der Waals surface area contributed by atoms with Crippen molar-refractivity contribution in [2.24, 2.45) is 16.4 Å². The molecule has 1 aromatic carbocycles. The second kappa shape index (κ2) is 12.1. The van der Waals surface area contributed by atoms with Crippen LogP contribution in [0.4, 0.5) is 17.1 Å². The van der Waals surface area contributed by atoms with Gasteiger partial charge in [0.05, 0.1) is 35.2 Å². The molecule has 0 unspecified atom stereocenters. The number of benzene rings is 1. The monoisotopic (exact) mass is 463 g/mol. The van der Waals surface area contributed by atoms with Crippen molar-refractivity contribution in [2.45, 2.75) is 40.5 Å². The highest BCUT2D eigenvalue weighted by molar-refractivity contribution is 5.85. The van der Waals surface area contributed by atoms with Gasteiger partial charge in [-0.3, -0.25) is 35.2 Å². The fourth-order valence-electron chi connectivity index (χ4n) is 2.87. The standard InChI is InChI=1S/C20H25N5O8/c1-5-32-19(27)20(12-21,13(2)11-33-15(4)26)9-8-14(3)22-23-17-7-6-16(24(28)29)10-18(17)25(30)31/h6-7,10,13,23H,5,8-9,11H2,1-4H3/b22-14-/t13-,20-/m0/s1. The summed E-state index contributed by atoms with van der Waals surface area (Å²) in [4.78, 5) is 44.3. The lowest BCUT2D eigenvalue weighted by molar-refractivity contribution is -0.393. The van der Waals surface area contributed by atoms with Crippen LogP contribution in [0.3, 0.4) is 0 Å². The molecule has 1 rings (SSSR count). The van der Waals surface area contributed by atoms with Crippen molar-refractivity contribution in [2.75, 3.05) is 18.6 Å². The SMILES string of the molecule is CCOC(=O)[C@](C#N)(CC/C(C)=N\Nc1ccc([N+](=O)[O-])cc1[N+](=O)[O-])[C@@H](C)COC(C)=O. The number of nitro groups is 2. The topological polar surface area (TPSA) is 187 Å². The number of carbonyl (C=O) groups excluding carboxylic acids is 2. The van der Waals surface area contributed by atoms with Gasteiger partial charge in [-0.1, -0.05) is 6.92 Å². The van der Waals surface area contributed by atoms with Crippen molar-refractivity contribution in [3.63, 3.8) is 0 Å². The maximum absolute atomic E-state index is 12.6. The molecule has 2 atom stereocenters. The fourth-order valence-corrected chi connectivity index (χ4v) is 2.87. The number of hydrazone groups is 1. The summed E-state index contributed by atoms with van der Waals surface area (Å²) in [6, 6.07) is 5.06. The number of non-ortho nitro benzene ring substituents is 1. The summed E-state index contributed by atoms with van der Waals surface area (Å²) in [6.45, 7) is 5.88. The first-order valence-corrected chi connectivity index (χ1v) is 9.92. The summed E-state index contributed by atoms with van der Waals surface area (Å²) < 4.78 is 10.0. The average molecular weight is 463 g/mol. The fraction of sp³-hybridized carbons (Fsp3) is 0.500. The lowest BCUT2D eigenvalue weighted by atomic mass is 9.74. The minimum atomic E-state index is -1.61. The molecule has 0 bridgehead atoms. The van der Waals surface area contributed by atoms with Gasteiger partial charge in [0, 0.05) is 24.6 Å². The van der Waals surface area contributed by atoms with E-state index in [2.05, 4.69) is 10.5 Å². The Labute approximate surface area is 189 Å². The molecule has 13 heteroatoms. The third-order valence-electron chi connectivity index (χ3n) is 4.85. The van der Waals surface area contributed by atoms with Crippen LogP contribution in [0.2, 0.25) is 0 Å². The Morgan fingerprint density at radius 1 is 1.24 bits per heavy atom. The molecule has 0 aliphatic carbocycles. The van der Waals surface area contributed by atoms with Crippen LogP contribution in [0.25, 0.3) is 0 Å². The molecule has 0 fully saturated rings. The van der Waals surface area contributed by atoms with Gasteiger partial charge in [-0.25, -0.2) is 0 Å². The number of hydrogen-bond donors (Lipinski definition) is 1. The number of esters is 2. The number of nitrogens with one attached hydrogen (secondary N) is 1. The lowest BCUT2D eigenvalue weighted by Gasteiger charge is -2.30. The largest absolute Gasteiger partial charge is 0.466 e. The first-order chi connectivity index (χ1) is 15.5. The molecule has 33 heavy (non-hydrogen) atoms. The van der Waals surface area contributed by atoms with Crippen molar-refractivity contribution in [1.29, 1.82) is 5.26 Å². The first-order valence-electron chi connectivity index (χ1n) is 9.92. The Morgan fingerprint density at radius 3 is 2.42 bits per heavy atom. The number of nitrogens with zero attached hydrogens (tertiary/aromatic N) is 4. The molecule has 0 aromatic heterocycles. The van der Waals surface area contributed by atoms with Crippen molar-refractivity contribution in [1.82, 2.24) is 0 Å². The van der Waals surface area contributed by atoms with Crippen molar-refractivity contribution >= 4 is 34.7 Å². The van der Waals surface area contributed by atoms with Gasteiger partial charge in [-0.15, -0.1) is 0 Å². The van der Waals surface area contributed by atoms with Crippen LogP contribution in [-0.2, 0) is 19.1 Å². The number of nitriles is 1. The van der Waals surface area contributed by atoms with Crippen LogP contribution >= 0.6 is 0 Å². The van der Waals surface area contributed by atoms with Gasteiger partial charge >= 0.3 is 17.6 Å². The van der Waals surface area contributed by atoms with Crippen LogP contribution in [0.15, 0.2) is 23.3 Å². The first kappa shape index (κ1) is 27.0. The molecule has 0 radical (unpaired) electrons. The van der Waals surface area contributed by atoms with E-state index in [-0.39, 0.29) is 31.7 Å². The number of rotatable bonds is 12. The van der Waals surface area contributed by atoms with Gasteiger partial charge in [-0.05, 0) is 32.8 Å².